The van der Waals surface area contributed by atoms with E-state index in [1.807, 2.05) is 12.1 Å². The lowest BCUT2D eigenvalue weighted by molar-refractivity contribution is 0.855. The van der Waals surface area contributed by atoms with Gasteiger partial charge in [-0.2, -0.15) is 10.5 Å². The summed E-state index contributed by atoms with van der Waals surface area (Å²) >= 11 is 0. The lowest BCUT2D eigenvalue weighted by Gasteiger charge is -2.04. The van der Waals surface area contributed by atoms with E-state index in [1.165, 1.54) is 17.2 Å². The van der Waals surface area contributed by atoms with Crippen molar-refractivity contribution < 1.29 is 0 Å². The molecule has 2 heterocycles. The molecule has 18 heavy (non-hydrogen) atoms. The molecule has 6 heteroatoms. The molecular weight excluding hydrogens is 228 g/mol. The largest absolute Gasteiger partial charge is 0.273 e. The second-order valence-corrected chi connectivity index (χ2v) is 3.65. The van der Waals surface area contributed by atoms with Crippen LogP contribution in [-0.2, 0) is 6.42 Å². The summed E-state index contributed by atoms with van der Waals surface area (Å²) in [5, 5.41) is 17.9. The van der Waals surface area contributed by atoms with E-state index >= 15 is 0 Å². The van der Waals surface area contributed by atoms with Gasteiger partial charge in [-0.15, -0.1) is 0 Å². The summed E-state index contributed by atoms with van der Waals surface area (Å²) < 4.78 is 1.50. The van der Waals surface area contributed by atoms with Crippen molar-refractivity contribution >= 4 is 0 Å². The number of imidazole rings is 1. The minimum Gasteiger partial charge on any atom is -0.273 e. The predicted octanol–water partition coefficient (Wildman–Crippen LogP) is 1.36. The molecule has 88 valence electrons. The number of nitriles is 2. The average molecular weight is 238 g/mol. The van der Waals surface area contributed by atoms with E-state index in [0.717, 1.165) is 18.5 Å². The minimum absolute atomic E-state index is 0.105. The molecule has 0 saturated heterocycles. The molecule has 0 unspecified atom stereocenters. The van der Waals surface area contributed by atoms with Gasteiger partial charge in [0.1, 0.15) is 30.6 Å². The van der Waals surface area contributed by atoms with E-state index in [0.29, 0.717) is 5.82 Å². The predicted molar refractivity (Wildman–Crippen MR) is 62.6 cm³/mol. The quantitative estimate of drug-likeness (QED) is 0.805. The molecule has 2 aromatic rings. The van der Waals surface area contributed by atoms with Crippen LogP contribution in [0.25, 0.3) is 5.82 Å². The average Bonchev–Trinajstić information content (AvgIpc) is 2.82. The molecule has 0 amide bonds. The van der Waals surface area contributed by atoms with Gasteiger partial charge in [0.05, 0.1) is 0 Å². The van der Waals surface area contributed by atoms with Crippen molar-refractivity contribution in [1.29, 1.82) is 10.5 Å². The van der Waals surface area contributed by atoms with Gasteiger partial charge in [-0.3, -0.25) is 4.57 Å². The van der Waals surface area contributed by atoms with Crippen molar-refractivity contribution in [1.82, 2.24) is 19.5 Å². The molecule has 0 aromatic carbocycles. The summed E-state index contributed by atoms with van der Waals surface area (Å²) in [6, 6.07) is 5.64. The molecule has 0 aliphatic carbocycles. The number of rotatable bonds is 3. The van der Waals surface area contributed by atoms with Crippen molar-refractivity contribution in [3.8, 4) is 18.0 Å². The zero-order valence-electron chi connectivity index (χ0n) is 9.83. The summed E-state index contributed by atoms with van der Waals surface area (Å²) in [6.45, 7) is 2.06. The Morgan fingerprint density at radius 1 is 1.22 bits per heavy atom. The molecule has 0 bridgehead atoms. The van der Waals surface area contributed by atoms with Crippen LogP contribution >= 0.6 is 0 Å². The van der Waals surface area contributed by atoms with Gasteiger partial charge in [0.2, 0.25) is 0 Å². The molecule has 0 fully saturated rings. The highest BCUT2D eigenvalue weighted by Gasteiger charge is 2.12. The Labute approximate surface area is 104 Å². The highest BCUT2D eigenvalue weighted by molar-refractivity contribution is 5.41. The molecule has 0 radical (unpaired) electrons. The Hall–Kier alpha value is -2.73. The summed E-state index contributed by atoms with van der Waals surface area (Å²) in [5.41, 5.74) is 1.20. The molecule has 0 atom stereocenters. The summed E-state index contributed by atoms with van der Waals surface area (Å²) in [4.78, 5) is 12.1. The van der Waals surface area contributed by atoms with E-state index in [2.05, 4.69) is 21.9 Å². The van der Waals surface area contributed by atoms with Crippen molar-refractivity contribution in [2.75, 3.05) is 0 Å². The smallest absolute Gasteiger partial charge is 0.177 e. The lowest BCUT2D eigenvalue weighted by Crippen LogP contribution is -2.02. The van der Waals surface area contributed by atoms with E-state index < -0.39 is 0 Å². The van der Waals surface area contributed by atoms with Crippen LogP contribution in [0.15, 0.2) is 18.7 Å². The first-order chi connectivity index (χ1) is 8.80. The van der Waals surface area contributed by atoms with Gasteiger partial charge in [0.15, 0.2) is 11.4 Å². The number of aryl methyl sites for hydroxylation is 1. The number of nitrogens with zero attached hydrogens (tertiary/aromatic N) is 6. The Morgan fingerprint density at radius 2 is 2.06 bits per heavy atom. The second-order valence-electron chi connectivity index (χ2n) is 3.65. The number of hydrogen-bond donors (Lipinski definition) is 0. The van der Waals surface area contributed by atoms with E-state index in [-0.39, 0.29) is 11.4 Å². The second kappa shape index (κ2) is 5.07. The molecule has 0 spiro atoms. The fourth-order valence-electron chi connectivity index (χ4n) is 1.62. The molecule has 2 rings (SSSR count). The van der Waals surface area contributed by atoms with Crippen LogP contribution in [0.5, 0.6) is 0 Å². The maximum atomic E-state index is 9.05. The van der Waals surface area contributed by atoms with Crippen LogP contribution < -0.4 is 0 Å². The first kappa shape index (κ1) is 11.7. The molecule has 6 nitrogen and oxygen atoms in total. The van der Waals surface area contributed by atoms with Crippen molar-refractivity contribution in [2.24, 2.45) is 0 Å². The van der Waals surface area contributed by atoms with Crippen LogP contribution in [0.3, 0.4) is 0 Å². The van der Waals surface area contributed by atoms with Crippen LogP contribution in [0.1, 0.15) is 30.4 Å². The Morgan fingerprint density at radius 3 is 2.72 bits per heavy atom. The molecule has 0 aliphatic heterocycles. The van der Waals surface area contributed by atoms with Crippen molar-refractivity contribution in [3.63, 3.8) is 0 Å². The summed E-state index contributed by atoms with van der Waals surface area (Å²) in [5.74, 6) is 0.555. The lowest BCUT2D eigenvalue weighted by atomic mass is 10.2. The van der Waals surface area contributed by atoms with Crippen LogP contribution in [-0.4, -0.2) is 19.5 Å². The van der Waals surface area contributed by atoms with Gasteiger partial charge >= 0.3 is 0 Å². The molecule has 0 aliphatic rings. The van der Waals surface area contributed by atoms with Crippen LogP contribution in [0, 0.1) is 22.7 Å². The van der Waals surface area contributed by atoms with Crippen LogP contribution in [0.4, 0.5) is 0 Å². The summed E-state index contributed by atoms with van der Waals surface area (Å²) in [7, 11) is 0. The van der Waals surface area contributed by atoms with Crippen molar-refractivity contribution in [2.45, 2.75) is 19.8 Å². The number of hydrogen-bond acceptors (Lipinski definition) is 5. The fraction of sp³-hybridized carbons (Fsp3) is 0.250. The maximum absolute atomic E-state index is 9.05. The zero-order chi connectivity index (χ0) is 13.0. The minimum atomic E-state index is 0.105. The monoisotopic (exact) mass is 238 g/mol. The fourth-order valence-corrected chi connectivity index (χ4v) is 1.62. The standard InChI is InChI=1S/C12H10N6/c1-2-3-9-4-12(16-7-15-9)18-8-17-10(5-13)11(18)6-14/h4,7-8H,2-3H2,1H3. The van der Waals surface area contributed by atoms with Gasteiger partial charge in [-0.1, -0.05) is 13.3 Å². The number of aromatic nitrogens is 4. The van der Waals surface area contributed by atoms with Gasteiger partial charge in [-0.25, -0.2) is 15.0 Å². The Balaban J connectivity index is 2.50. The normalized spacial score (nSPS) is 9.72. The van der Waals surface area contributed by atoms with Crippen molar-refractivity contribution in [3.05, 3.63) is 35.8 Å². The van der Waals surface area contributed by atoms with Gasteiger partial charge in [0.25, 0.3) is 0 Å². The SMILES string of the molecule is CCCc1cc(-n2cnc(C#N)c2C#N)ncn1. The molecule has 2 aromatic heterocycles. The zero-order valence-corrected chi connectivity index (χ0v) is 9.83. The highest BCUT2D eigenvalue weighted by atomic mass is 15.1. The third kappa shape index (κ3) is 2.04. The van der Waals surface area contributed by atoms with E-state index in [1.54, 1.807) is 6.07 Å². The molecule has 0 N–H and O–H groups in total. The topological polar surface area (TPSA) is 91.2 Å². The molecular formula is C12H10N6. The highest BCUT2D eigenvalue weighted by Crippen LogP contribution is 2.12. The van der Waals surface area contributed by atoms with Gasteiger partial charge in [-0.05, 0) is 6.42 Å². The van der Waals surface area contributed by atoms with Gasteiger partial charge in [0, 0.05) is 11.8 Å². The Bertz CT molecular complexity index is 643. The van der Waals surface area contributed by atoms with Gasteiger partial charge < -0.3 is 0 Å². The first-order valence-electron chi connectivity index (χ1n) is 5.49. The van der Waals surface area contributed by atoms with Crippen LogP contribution in [0.2, 0.25) is 0 Å². The maximum Gasteiger partial charge on any atom is 0.177 e. The van der Waals surface area contributed by atoms with E-state index in [4.69, 9.17) is 10.5 Å². The molecule has 0 saturated carbocycles. The summed E-state index contributed by atoms with van der Waals surface area (Å²) in [6.07, 6.45) is 4.70. The third-order valence-corrected chi connectivity index (χ3v) is 2.44. The van der Waals surface area contributed by atoms with E-state index in [9.17, 15) is 0 Å². The Kier molecular flexibility index (Phi) is 3.31. The third-order valence-electron chi connectivity index (χ3n) is 2.44. The first-order valence-corrected chi connectivity index (χ1v) is 5.49.